The molecular weight excluding hydrogens is 214 g/mol. The highest BCUT2D eigenvalue weighted by molar-refractivity contribution is 5.92. The first-order valence-corrected chi connectivity index (χ1v) is 5.49. The van der Waals surface area contributed by atoms with E-state index in [1.807, 2.05) is 38.1 Å². The summed E-state index contributed by atoms with van der Waals surface area (Å²) >= 11 is 0. The Bertz CT molecular complexity index is 502. The first kappa shape index (κ1) is 11.4. The number of aromatic nitrogens is 2. The minimum atomic E-state index is -0.162. The number of H-pyrrole nitrogens is 1. The Balaban J connectivity index is 2.19. The van der Waals surface area contributed by atoms with E-state index in [1.54, 1.807) is 6.20 Å². The third-order valence-corrected chi connectivity index (χ3v) is 2.22. The number of benzene rings is 1. The number of aromatic amines is 1. The van der Waals surface area contributed by atoms with Crippen LogP contribution >= 0.6 is 0 Å². The number of carbonyl (C=O) groups excluding carboxylic acids is 1. The predicted molar refractivity (Wildman–Crippen MR) is 65.5 cm³/mol. The lowest BCUT2D eigenvalue weighted by Crippen LogP contribution is -2.30. The second-order valence-electron chi connectivity index (χ2n) is 4.05. The second kappa shape index (κ2) is 4.82. The van der Waals surface area contributed by atoms with Gasteiger partial charge in [-0.2, -0.15) is 0 Å². The lowest BCUT2D eigenvalue weighted by molar-refractivity contribution is 0.0938. The molecule has 0 fully saturated rings. The molecular formula is C13H14N3O. The molecule has 0 aliphatic carbocycles. The summed E-state index contributed by atoms with van der Waals surface area (Å²) in [5.74, 6) is 0.526. The Morgan fingerprint density at radius 3 is 2.76 bits per heavy atom. The van der Waals surface area contributed by atoms with E-state index in [1.165, 1.54) is 0 Å². The van der Waals surface area contributed by atoms with Crippen LogP contribution in [0.5, 0.6) is 0 Å². The van der Waals surface area contributed by atoms with Crippen molar-refractivity contribution in [3.8, 4) is 11.4 Å². The van der Waals surface area contributed by atoms with Gasteiger partial charge in [-0.3, -0.25) is 4.79 Å². The zero-order valence-corrected chi connectivity index (χ0v) is 9.82. The summed E-state index contributed by atoms with van der Waals surface area (Å²) in [6.07, 6.45) is 1.61. The van der Waals surface area contributed by atoms with Crippen LogP contribution in [0.2, 0.25) is 0 Å². The van der Waals surface area contributed by atoms with Crippen molar-refractivity contribution in [2.24, 2.45) is 0 Å². The first-order valence-electron chi connectivity index (χ1n) is 5.49. The van der Waals surface area contributed by atoms with Crippen LogP contribution in [-0.4, -0.2) is 21.9 Å². The molecule has 17 heavy (non-hydrogen) atoms. The highest BCUT2D eigenvalue weighted by Gasteiger charge is 2.11. The molecule has 0 spiro atoms. The van der Waals surface area contributed by atoms with Gasteiger partial charge in [-0.15, -0.1) is 0 Å². The number of imidazole rings is 1. The van der Waals surface area contributed by atoms with Crippen molar-refractivity contribution in [2.75, 3.05) is 0 Å². The molecule has 0 saturated heterocycles. The van der Waals surface area contributed by atoms with Gasteiger partial charge in [-0.1, -0.05) is 24.3 Å². The Labute approximate surface area is 100 Å². The summed E-state index contributed by atoms with van der Waals surface area (Å²) in [6.45, 7) is 3.83. The molecule has 1 heterocycles. The Kier molecular flexibility index (Phi) is 3.23. The van der Waals surface area contributed by atoms with Crippen LogP contribution in [0.25, 0.3) is 11.4 Å². The number of nitrogens with zero attached hydrogens (tertiary/aromatic N) is 1. The van der Waals surface area contributed by atoms with Crippen LogP contribution in [-0.2, 0) is 0 Å². The zero-order chi connectivity index (χ0) is 12.3. The maximum absolute atomic E-state index is 11.7. The van der Waals surface area contributed by atoms with E-state index in [0.29, 0.717) is 11.5 Å². The maximum atomic E-state index is 11.7. The fraction of sp³-hybridized carbons (Fsp3) is 0.231. The maximum Gasteiger partial charge on any atom is 0.271 e. The van der Waals surface area contributed by atoms with Crippen molar-refractivity contribution in [2.45, 2.75) is 19.9 Å². The summed E-state index contributed by atoms with van der Waals surface area (Å²) in [5, 5.41) is 2.80. The fourth-order valence-electron chi connectivity index (χ4n) is 1.47. The minimum absolute atomic E-state index is 0.106. The second-order valence-corrected chi connectivity index (χ2v) is 4.05. The summed E-state index contributed by atoms with van der Waals surface area (Å²) in [6, 6.07) is 10.4. The summed E-state index contributed by atoms with van der Waals surface area (Å²) in [7, 11) is 0. The molecule has 1 radical (unpaired) electrons. The van der Waals surface area contributed by atoms with Gasteiger partial charge in [0, 0.05) is 17.8 Å². The molecule has 87 valence electrons. The Morgan fingerprint density at radius 1 is 1.41 bits per heavy atom. The van der Waals surface area contributed by atoms with E-state index in [2.05, 4.69) is 21.4 Å². The molecule has 0 unspecified atom stereocenters. The fourth-order valence-corrected chi connectivity index (χ4v) is 1.47. The van der Waals surface area contributed by atoms with Gasteiger partial charge in [0.1, 0.15) is 11.5 Å². The van der Waals surface area contributed by atoms with Crippen LogP contribution in [0, 0.1) is 6.07 Å². The van der Waals surface area contributed by atoms with E-state index in [4.69, 9.17) is 0 Å². The quantitative estimate of drug-likeness (QED) is 0.844. The van der Waals surface area contributed by atoms with Crippen molar-refractivity contribution in [3.63, 3.8) is 0 Å². The van der Waals surface area contributed by atoms with Gasteiger partial charge in [0.15, 0.2) is 0 Å². The molecule has 0 bridgehead atoms. The number of nitrogens with one attached hydrogen (secondary N) is 2. The molecule has 0 aliphatic rings. The Morgan fingerprint density at radius 2 is 2.12 bits per heavy atom. The smallest absolute Gasteiger partial charge is 0.271 e. The lowest BCUT2D eigenvalue weighted by atomic mass is 10.2. The van der Waals surface area contributed by atoms with Gasteiger partial charge < -0.3 is 10.3 Å². The molecule has 2 rings (SSSR count). The van der Waals surface area contributed by atoms with E-state index in [0.717, 1.165) is 5.56 Å². The number of carbonyl (C=O) groups is 1. The Hall–Kier alpha value is -2.10. The number of amides is 1. The van der Waals surface area contributed by atoms with Crippen LogP contribution in [0.3, 0.4) is 0 Å². The predicted octanol–water partition coefficient (Wildman–Crippen LogP) is 2.02. The topological polar surface area (TPSA) is 57.8 Å². The summed E-state index contributed by atoms with van der Waals surface area (Å²) in [4.78, 5) is 18.9. The van der Waals surface area contributed by atoms with E-state index >= 15 is 0 Å². The van der Waals surface area contributed by atoms with Crippen molar-refractivity contribution in [3.05, 3.63) is 42.2 Å². The van der Waals surface area contributed by atoms with Crippen LogP contribution in [0.1, 0.15) is 24.3 Å². The molecule has 4 nitrogen and oxygen atoms in total. The first-order chi connectivity index (χ1) is 8.16. The van der Waals surface area contributed by atoms with Gasteiger partial charge in [-0.25, -0.2) is 4.98 Å². The summed E-state index contributed by atoms with van der Waals surface area (Å²) < 4.78 is 0. The zero-order valence-electron chi connectivity index (χ0n) is 9.82. The highest BCUT2D eigenvalue weighted by Crippen LogP contribution is 2.14. The molecule has 2 aromatic rings. The largest absolute Gasteiger partial charge is 0.348 e. The van der Waals surface area contributed by atoms with Gasteiger partial charge in [-0.05, 0) is 19.9 Å². The van der Waals surface area contributed by atoms with Crippen molar-refractivity contribution < 1.29 is 4.79 Å². The SMILES string of the molecule is CC(C)NC(=O)c1c[nH]c(-c2cc[c]cc2)n1. The van der Waals surface area contributed by atoms with Gasteiger partial charge >= 0.3 is 0 Å². The molecule has 1 aromatic carbocycles. The standard InChI is InChI=1S/C13H14N3O/c1-9(2)15-13(17)11-8-14-12(16-11)10-6-4-3-5-7-10/h4-9H,1-2H3,(H,14,16)(H,15,17). The number of hydrogen-bond donors (Lipinski definition) is 2. The molecule has 1 amide bonds. The average molecular weight is 228 g/mol. The normalized spacial score (nSPS) is 10.5. The highest BCUT2D eigenvalue weighted by atomic mass is 16.1. The van der Waals surface area contributed by atoms with E-state index < -0.39 is 0 Å². The molecule has 0 atom stereocenters. The molecule has 4 heteroatoms. The summed E-state index contributed by atoms with van der Waals surface area (Å²) in [5.41, 5.74) is 1.34. The molecule has 2 N–H and O–H groups in total. The van der Waals surface area contributed by atoms with Crippen LogP contribution in [0.4, 0.5) is 0 Å². The molecule has 0 saturated carbocycles. The molecule has 0 aliphatic heterocycles. The minimum Gasteiger partial charge on any atom is -0.348 e. The monoisotopic (exact) mass is 228 g/mol. The average Bonchev–Trinajstić information content (AvgIpc) is 2.78. The number of hydrogen-bond acceptors (Lipinski definition) is 2. The third-order valence-electron chi connectivity index (χ3n) is 2.22. The van der Waals surface area contributed by atoms with E-state index in [-0.39, 0.29) is 11.9 Å². The number of rotatable bonds is 3. The van der Waals surface area contributed by atoms with Crippen molar-refractivity contribution in [1.82, 2.24) is 15.3 Å². The van der Waals surface area contributed by atoms with Gasteiger partial charge in [0.05, 0.1) is 0 Å². The molecule has 1 aromatic heterocycles. The van der Waals surface area contributed by atoms with Crippen LogP contribution in [0.15, 0.2) is 30.5 Å². The van der Waals surface area contributed by atoms with Crippen LogP contribution < -0.4 is 5.32 Å². The third kappa shape index (κ3) is 2.72. The van der Waals surface area contributed by atoms with E-state index in [9.17, 15) is 4.79 Å². The van der Waals surface area contributed by atoms with Crippen molar-refractivity contribution in [1.29, 1.82) is 0 Å². The lowest BCUT2D eigenvalue weighted by Gasteiger charge is -2.05. The van der Waals surface area contributed by atoms with Gasteiger partial charge in [0.25, 0.3) is 5.91 Å². The van der Waals surface area contributed by atoms with Crippen molar-refractivity contribution >= 4 is 5.91 Å². The van der Waals surface area contributed by atoms with Gasteiger partial charge in [0.2, 0.25) is 0 Å².